The number of imidazole rings is 1. The molecule has 8 heteroatoms. The summed E-state index contributed by atoms with van der Waals surface area (Å²) in [5, 5.41) is 2.81. The van der Waals surface area contributed by atoms with Gasteiger partial charge in [0, 0.05) is 17.3 Å². The molecule has 1 N–H and O–H groups in total. The van der Waals surface area contributed by atoms with Crippen molar-refractivity contribution in [2.24, 2.45) is 0 Å². The van der Waals surface area contributed by atoms with Crippen molar-refractivity contribution in [3.63, 3.8) is 0 Å². The second kappa shape index (κ2) is 8.40. The molecule has 0 atom stereocenters. The van der Waals surface area contributed by atoms with Crippen LogP contribution in [0.2, 0.25) is 0 Å². The maximum absolute atomic E-state index is 12.9. The summed E-state index contributed by atoms with van der Waals surface area (Å²) >= 11 is 1.51. The van der Waals surface area contributed by atoms with E-state index in [2.05, 4.69) is 5.32 Å². The number of methoxy groups -OCH3 is 2. The minimum atomic E-state index is -0.506. The Morgan fingerprint density at radius 3 is 2.55 bits per heavy atom. The van der Waals surface area contributed by atoms with Crippen LogP contribution in [-0.4, -0.2) is 35.5 Å². The molecule has 0 spiro atoms. The average molecular weight is 458 g/mol. The van der Waals surface area contributed by atoms with Crippen LogP contribution in [0.4, 0.5) is 5.69 Å². The standard InChI is InChI=1S/C25H19N3O4S/c1-31-17-10-7-15(8-11-17)20-14-28-21-12-9-16(13-22(21)33-25(28)27-20)23(29)26-19-6-4-3-5-18(19)24(30)32-2/h3-14H,1-2H3,(H,26,29). The molecule has 5 rings (SSSR count). The number of anilines is 1. The van der Waals surface area contributed by atoms with Gasteiger partial charge in [0.1, 0.15) is 5.75 Å². The number of carbonyl (C=O) groups excluding carboxylic acids is 2. The summed E-state index contributed by atoms with van der Waals surface area (Å²) in [6, 6.07) is 20.0. The third-order valence-electron chi connectivity index (χ3n) is 5.32. The number of aromatic nitrogens is 2. The lowest BCUT2D eigenvalue weighted by Gasteiger charge is -2.09. The highest BCUT2D eigenvalue weighted by Gasteiger charge is 2.16. The van der Waals surface area contributed by atoms with Crippen molar-refractivity contribution in [3.8, 4) is 17.0 Å². The van der Waals surface area contributed by atoms with E-state index < -0.39 is 5.97 Å². The first kappa shape index (κ1) is 20.7. The number of fused-ring (bicyclic) bond motifs is 3. The van der Waals surface area contributed by atoms with E-state index in [1.54, 1.807) is 37.4 Å². The third kappa shape index (κ3) is 3.81. The first-order valence-electron chi connectivity index (χ1n) is 10.1. The molecule has 5 aromatic rings. The van der Waals surface area contributed by atoms with Gasteiger partial charge in [0.05, 0.1) is 41.4 Å². The molecule has 2 heterocycles. The van der Waals surface area contributed by atoms with Crippen LogP contribution in [0.5, 0.6) is 5.75 Å². The Balaban J connectivity index is 1.44. The molecule has 0 aliphatic carbocycles. The fourth-order valence-electron chi connectivity index (χ4n) is 3.62. The third-order valence-corrected chi connectivity index (χ3v) is 6.34. The smallest absolute Gasteiger partial charge is 0.339 e. The maximum atomic E-state index is 12.9. The summed E-state index contributed by atoms with van der Waals surface area (Å²) in [5.74, 6) is -0.0167. The molecule has 0 fully saturated rings. The zero-order valence-electron chi connectivity index (χ0n) is 17.9. The number of ether oxygens (including phenoxy) is 2. The van der Waals surface area contributed by atoms with Gasteiger partial charge in [-0.3, -0.25) is 9.20 Å². The van der Waals surface area contributed by atoms with Gasteiger partial charge in [-0.15, -0.1) is 0 Å². The Bertz CT molecular complexity index is 1500. The molecule has 0 bridgehead atoms. The molecule has 3 aromatic carbocycles. The first-order valence-corrected chi connectivity index (χ1v) is 10.9. The van der Waals surface area contributed by atoms with Gasteiger partial charge in [0.25, 0.3) is 5.91 Å². The topological polar surface area (TPSA) is 81.9 Å². The van der Waals surface area contributed by atoms with Crippen LogP contribution in [0, 0.1) is 0 Å². The van der Waals surface area contributed by atoms with Crippen molar-refractivity contribution in [1.29, 1.82) is 0 Å². The molecule has 0 aliphatic heterocycles. The van der Waals surface area contributed by atoms with Crippen LogP contribution in [0.15, 0.2) is 72.9 Å². The second-order valence-corrected chi connectivity index (χ2v) is 8.29. The monoisotopic (exact) mass is 457 g/mol. The van der Waals surface area contributed by atoms with Crippen LogP contribution in [-0.2, 0) is 4.74 Å². The van der Waals surface area contributed by atoms with E-state index >= 15 is 0 Å². The van der Waals surface area contributed by atoms with E-state index in [0.717, 1.165) is 32.2 Å². The molecule has 1 amide bonds. The molecule has 164 valence electrons. The van der Waals surface area contributed by atoms with Gasteiger partial charge >= 0.3 is 5.97 Å². The summed E-state index contributed by atoms with van der Waals surface area (Å²) in [6.45, 7) is 0. The first-order chi connectivity index (χ1) is 16.1. The van der Waals surface area contributed by atoms with E-state index in [1.165, 1.54) is 18.4 Å². The number of nitrogens with zero attached hydrogens (tertiary/aromatic N) is 2. The highest BCUT2D eigenvalue weighted by atomic mass is 32.1. The van der Waals surface area contributed by atoms with Crippen LogP contribution >= 0.6 is 11.3 Å². The quantitative estimate of drug-likeness (QED) is 0.364. The van der Waals surface area contributed by atoms with E-state index in [-0.39, 0.29) is 5.91 Å². The van der Waals surface area contributed by atoms with Crippen LogP contribution in [0.3, 0.4) is 0 Å². The van der Waals surface area contributed by atoms with Crippen LogP contribution in [0.25, 0.3) is 26.4 Å². The van der Waals surface area contributed by atoms with Gasteiger partial charge < -0.3 is 14.8 Å². The van der Waals surface area contributed by atoms with E-state index in [0.29, 0.717) is 16.8 Å². The Hall–Kier alpha value is -4.17. The normalized spacial score (nSPS) is 11.0. The van der Waals surface area contributed by atoms with Crippen molar-refractivity contribution in [2.75, 3.05) is 19.5 Å². The van der Waals surface area contributed by atoms with Gasteiger partial charge in [0.15, 0.2) is 4.96 Å². The number of para-hydroxylation sites is 1. The van der Waals surface area contributed by atoms with Crippen molar-refractivity contribution in [3.05, 3.63) is 84.1 Å². The fourth-order valence-corrected chi connectivity index (χ4v) is 4.66. The minimum absolute atomic E-state index is 0.301. The molecule has 0 radical (unpaired) electrons. The van der Waals surface area contributed by atoms with E-state index in [4.69, 9.17) is 14.5 Å². The Kier molecular flexibility index (Phi) is 5.27. The van der Waals surface area contributed by atoms with Gasteiger partial charge in [-0.1, -0.05) is 23.5 Å². The summed E-state index contributed by atoms with van der Waals surface area (Å²) in [4.78, 5) is 30.4. The van der Waals surface area contributed by atoms with Gasteiger partial charge in [0.2, 0.25) is 0 Å². The van der Waals surface area contributed by atoms with Crippen LogP contribution < -0.4 is 10.1 Å². The zero-order chi connectivity index (χ0) is 22.9. The molecule has 0 saturated heterocycles. The molecule has 0 saturated carbocycles. The number of carbonyl (C=O) groups is 2. The summed E-state index contributed by atoms with van der Waals surface area (Å²) in [6.07, 6.45) is 1.99. The molecule has 7 nitrogen and oxygen atoms in total. The van der Waals surface area contributed by atoms with E-state index in [1.807, 2.05) is 47.0 Å². The lowest BCUT2D eigenvalue weighted by atomic mass is 10.1. The van der Waals surface area contributed by atoms with Gasteiger partial charge in [-0.25, -0.2) is 9.78 Å². The second-order valence-electron chi connectivity index (χ2n) is 7.28. The van der Waals surface area contributed by atoms with Gasteiger partial charge in [-0.2, -0.15) is 0 Å². The Morgan fingerprint density at radius 2 is 1.79 bits per heavy atom. The van der Waals surface area contributed by atoms with Crippen molar-refractivity contribution in [1.82, 2.24) is 9.38 Å². The SMILES string of the molecule is COC(=O)c1ccccc1NC(=O)c1ccc2c(c1)sc1nc(-c3ccc(OC)cc3)cn12. The van der Waals surface area contributed by atoms with Crippen LogP contribution in [0.1, 0.15) is 20.7 Å². The Morgan fingerprint density at radius 1 is 1.00 bits per heavy atom. The Labute approximate surface area is 193 Å². The summed E-state index contributed by atoms with van der Waals surface area (Å²) < 4.78 is 13.0. The molecule has 0 unspecified atom stereocenters. The molecule has 0 aliphatic rings. The largest absolute Gasteiger partial charge is 0.497 e. The maximum Gasteiger partial charge on any atom is 0.339 e. The average Bonchev–Trinajstić information content (AvgIpc) is 3.41. The highest BCUT2D eigenvalue weighted by molar-refractivity contribution is 7.23. The molecular formula is C25H19N3O4S. The lowest BCUT2D eigenvalue weighted by molar-refractivity contribution is 0.0602. The number of benzene rings is 3. The number of rotatable bonds is 5. The molecule has 2 aromatic heterocycles. The zero-order valence-corrected chi connectivity index (χ0v) is 18.7. The molecule has 33 heavy (non-hydrogen) atoms. The van der Waals surface area contributed by atoms with Gasteiger partial charge in [-0.05, 0) is 54.6 Å². The predicted molar refractivity (Wildman–Crippen MR) is 128 cm³/mol. The lowest BCUT2D eigenvalue weighted by Crippen LogP contribution is -2.15. The molecular weight excluding hydrogens is 438 g/mol. The number of hydrogen-bond donors (Lipinski definition) is 1. The number of thiazole rings is 1. The minimum Gasteiger partial charge on any atom is -0.497 e. The fraction of sp³-hybridized carbons (Fsp3) is 0.0800. The number of hydrogen-bond acceptors (Lipinski definition) is 6. The number of nitrogens with one attached hydrogen (secondary N) is 1. The predicted octanol–water partition coefficient (Wildman–Crippen LogP) is 5.26. The van der Waals surface area contributed by atoms with Crippen molar-refractivity contribution >= 4 is 44.1 Å². The summed E-state index contributed by atoms with van der Waals surface area (Å²) in [5.41, 5.74) is 4.03. The number of esters is 1. The van der Waals surface area contributed by atoms with Crippen molar-refractivity contribution < 1.29 is 19.1 Å². The highest BCUT2D eigenvalue weighted by Crippen LogP contribution is 2.31. The number of amides is 1. The summed E-state index contributed by atoms with van der Waals surface area (Å²) in [7, 11) is 2.95. The van der Waals surface area contributed by atoms with E-state index in [9.17, 15) is 9.59 Å². The van der Waals surface area contributed by atoms with Crippen molar-refractivity contribution in [2.45, 2.75) is 0 Å².